The maximum absolute atomic E-state index is 12.6. The van der Waals surface area contributed by atoms with E-state index in [9.17, 15) is 9.59 Å². The molecule has 2 aromatic rings. The maximum atomic E-state index is 12.6. The predicted octanol–water partition coefficient (Wildman–Crippen LogP) is 1.39. The Morgan fingerprint density at radius 3 is 2.59 bits per heavy atom. The largest absolute Gasteiger partial charge is 0.497 e. The first-order valence-electron chi connectivity index (χ1n) is 8.65. The van der Waals surface area contributed by atoms with Crippen LogP contribution >= 0.6 is 0 Å². The minimum atomic E-state index is -0.271. The van der Waals surface area contributed by atoms with Crippen molar-refractivity contribution in [2.45, 2.75) is 19.4 Å². The Bertz CT molecular complexity index is 851. The summed E-state index contributed by atoms with van der Waals surface area (Å²) in [5.74, 6) is 0.978. The Kier molecular flexibility index (Phi) is 5.25. The molecule has 1 fully saturated rings. The average molecular weight is 369 g/mol. The van der Waals surface area contributed by atoms with E-state index in [1.165, 1.54) is 6.20 Å². The number of ether oxygens (including phenoxy) is 1. The summed E-state index contributed by atoms with van der Waals surface area (Å²) in [7, 11) is 5.27. The zero-order valence-corrected chi connectivity index (χ0v) is 15.9. The number of benzene rings is 1. The third-order valence-electron chi connectivity index (χ3n) is 4.46. The Balaban J connectivity index is 1.68. The monoisotopic (exact) mass is 369 g/mol. The fraction of sp³-hybridized carbons (Fsp3) is 0.368. The molecule has 0 bridgehead atoms. The van der Waals surface area contributed by atoms with Crippen LogP contribution in [0.2, 0.25) is 0 Å². The molecule has 1 aliphatic heterocycles. The van der Waals surface area contributed by atoms with Gasteiger partial charge in [-0.05, 0) is 31.2 Å². The normalized spacial score (nSPS) is 16.4. The highest BCUT2D eigenvalue weighted by Crippen LogP contribution is 2.24. The second-order valence-corrected chi connectivity index (χ2v) is 6.64. The molecule has 3 rings (SSSR count). The number of rotatable bonds is 5. The molecule has 8 nitrogen and oxygen atoms in total. The van der Waals surface area contributed by atoms with Gasteiger partial charge < -0.3 is 19.9 Å². The third-order valence-corrected chi connectivity index (χ3v) is 4.46. The van der Waals surface area contributed by atoms with Crippen molar-refractivity contribution < 1.29 is 14.3 Å². The van der Waals surface area contributed by atoms with Crippen molar-refractivity contribution in [3.05, 3.63) is 41.7 Å². The summed E-state index contributed by atoms with van der Waals surface area (Å²) >= 11 is 0. The van der Waals surface area contributed by atoms with Crippen LogP contribution < -0.4 is 19.9 Å². The second-order valence-electron chi connectivity index (χ2n) is 6.64. The molecule has 1 aromatic carbocycles. The molecule has 0 spiro atoms. The van der Waals surface area contributed by atoms with Crippen molar-refractivity contribution in [2.24, 2.45) is 0 Å². The van der Waals surface area contributed by atoms with Gasteiger partial charge in [0.1, 0.15) is 5.75 Å². The average Bonchev–Trinajstić information content (AvgIpc) is 3.01. The zero-order chi connectivity index (χ0) is 19.6. The highest BCUT2D eigenvalue weighted by Gasteiger charge is 2.32. The third kappa shape index (κ3) is 3.99. The zero-order valence-electron chi connectivity index (χ0n) is 15.9. The topological polar surface area (TPSA) is 87.7 Å². The van der Waals surface area contributed by atoms with E-state index in [1.807, 2.05) is 38.4 Å². The number of methoxy groups -OCH3 is 1. The molecule has 1 atom stereocenters. The molecule has 2 heterocycles. The van der Waals surface area contributed by atoms with Gasteiger partial charge >= 0.3 is 0 Å². The van der Waals surface area contributed by atoms with Gasteiger partial charge in [-0.25, -0.2) is 9.97 Å². The fourth-order valence-electron chi connectivity index (χ4n) is 2.97. The molecule has 0 radical (unpaired) electrons. The van der Waals surface area contributed by atoms with Crippen molar-refractivity contribution in [3.8, 4) is 5.75 Å². The van der Waals surface area contributed by atoms with Crippen LogP contribution in [-0.2, 0) is 4.79 Å². The minimum absolute atomic E-state index is 0.0265. The summed E-state index contributed by atoms with van der Waals surface area (Å²) in [6.45, 7) is 2.19. The van der Waals surface area contributed by atoms with Gasteiger partial charge in [0, 0.05) is 38.9 Å². The van der Waals surface area contributed by atoms with Crippen LogP contribution in [0.5, 0.6) is 5.75 Å². The van der Waals surface area contributed by atoms with Gasteiger partial charge in [-0.2, -0.15) is 0 Å². The molecule has 8 heteroatoms. The van der Waals surface area contributed by atoms with E-state index in [1.54, 1.807) is 23.8 Å². The molecule has 1 aliphatic rings. The van der Waals surface area contributed by atoms with Gasteiger partial charge in [0.2, 0.25) is 11.9 Å². The first-order chi connectivity index (χ1) is 12.9. The highest BCUT2D eigenvalue weighted by atomic mass is 16.5. The number of aromatic nitrogens is 2. The first-order valence-corrected chi connectivity index (χ1v) is 8.65. The SMILES string of the molecule is COc1ccc(N2CC(NC(=O)c3cnc(N(C)C)nc3C)CC2=O)cc1. The van der Waals surface area contributed by atoms with Crippen molar-refractivity contribution in [2.75, 3.05) is 37.5 Å². The highest BCUT2D eigenvalue weighted by molar-refractivity contribution is 5.99. The van der Waals surface area contributed by atoms with Gasteiger partial charge in [0.15, 0.2) is 0 Å². The summed E-state index contributed by atoms with van der Waals surface area (Å²) in [6.07, 6.45) is 1.78. The van der Waals surface area contributed by atoms with Crippen LogP contribution in [0.3, 0.4) is 0 Å². The molecular weight excluding hydrogens is 346 g/mol. The van der Waals surface area contributed by atoms with Gasteiger partial charge in [0.25, 0.3) is 5.91 Å². The van der Waals surface area contributed by atoms with E-state index in [0.717, 1.165) is 11.4 Å². The van der Waals surface area contributed by atoms with Crippen LogP contribution in [0.1, 0.15) is 22.5 Å². The molecular formula is C19H23N5O3. The lowest BCUT2D eigenvalue weighted by atomic mass is 10.2. The lowest BCUT2D eigenvalue weighted by Gasteiger charge is -2.18. The van der Waals surface area contributed by atoms with E-state index in [2.05, 4.69) is 15.3 Å². The Labute approximate surface area is 158 Å². The smallest absolute Gasteiger partial charge is 0.254 e. The van der Waals surface area contributed by atoms with Crippen LogP contribution in [0, 0.1) is 6.92 Å². The fourth-order valence-corrected chi connectivity index (χ4v) is 2.97. The summed E-state index contributed by atoms with van der Waals surface area (Å²) in [6, 6.07) is 7.01. The van der Waals surface area contributed by atoms with Crippen molar-refractivity contribution in [1.82, 2.24) is 15.3 Å². The molecule has 1 aromatic heterocycles. The Hall–Kier alpha value is -3.16. The number of hydrogen-bond donors (Lipinski definition) is 1. The molecule has 2 amide bonds. The number of carbonyl (C=O) groups excluding carboxylic acids is 2. The lowest BCUT2D eigenvalue weighted by Crippen LogP contribution is -2.37. The Morgan fingerprint density at radius 2 is 2.00 bits per heavy atom. The molecule has 1 N–H and O–H groups in total. The number of anilines is 2. The lowest BCUT2D eigenvalue weighted by molar-refractivity contribution is -0.117. The van der Waals surface area contributed by atoms with E-state index in [-0.39, 0.29) is 24.3 Å². The van der Waals surface area contributed by atoms with Crippen LogP contribution in [0.4, 0.5) is 11.6 Å². The minimum Gasteiger partial charge on any atom is -0.497 e. The van der Waals surface area contributed by atoms with E-state index < -0.39 is 0 Å². The number of hydrogen-bond acceptors (Lipinski definition) is 6. The van der Waals surface area contributed by atoms with E-state index in [4.69, 9.17) is 4.74 Å². The summed E-state index contributed by atoms with van der Waals surface area (Å²) < 4.78 is 5.14. The molecule has 27 heavy (non-hydrogen) atoms. The Morgan fingerprint density at radius 1 is 1.30 bits per heavy atom. The summed E-state index contributed by atoms with van der Waals surface area (Å²) in [4.78, 5) is 36.9. The number of nitrogens with zero attached hydrogens (tertiary/aromatic N) is 4. The van der Waals surface area contributed by atoms with Crippen LogP contribution in [-0.4, -0.2) is 55.6 Å². The summed E-state index contributed by atoms with van der Waals surface area (Å²) in [5, 5.41) is 2.92. The van der Waals surface area contributed by atoms with Crippen molar-refractivity contribution in [3.63, 3.8) is 0 Å². The van der Waals surface area contributed by atoms with Gasteiger partial charge in [0.05, 0.1) is 24.4 Å². The van der Waals surface area contributed by atoms with Gasteiger partial charge in [-0.1, -0.05) is 0 Å². The maximum Gasteiger partial charge on any atom is 0.254 e. The van der Waals surface area contributed by atoms with Crippen molar-refractivity contribution in [1.29, 1.82) is 0 Å². The molecule has 0 saturated carbocycles. The van der Waals surface area contributed by atoms with Gasteiger partial charge in [-0.3, -0.25) is 9.59 Å². The summed E-state index contributed by atoms with van der Waals surface area (Å²) in [5.41, 5.74) is 1.80. The van der Waals surface area contributed by atoms with Gasteiger partial charge in [-0.15, -0.1) is 0 Å². The number of nitrogens with one attached hydrogen (secondary N) is 1. The van der Waals surface area contributed by atoms with Crippen molar-refractivity contribution >= 4 is 23.5 Å². The standard InChI is InChI=1S/C19H23N5O3/c1-12-16(10-20-19(21-12)23(2)3)18(26)22-13-9-17(25)24(11-13)14-5-7-15(27-4)8-6-14/h5-8,10,13H,9,11H2,1-4H3,(H,22,26). The van der Waals surface area contributed by atoms with E-state index >= 15 is 0 Å². The van der Waals surface area contributed by atoms with Crippen LogP contribution in [0.15, 0.2) is 30.5 Å². The van der Waals surface area contributed by atoms with E-state index in [0.29, 0.717) is 23.8 Å². The number of aryl methyl sites for hydroxylation is 1. The quantitative estimate of drug-likeness (QED) is 0.857. The molecule has 142 valence electrons. The van der Waals surface area contributed by atoms with Crippen LogP contribution in [0.25, 0.3) is 0 Å². The number of amides is 2. The molecule has 1 unspecified atom stereocenters. The molecule has 1 saturated heterocycles. The first kappa shape index (κ1) is 18.6. The molecule has 0 aliphatic carbocycles. The predicted molar refractivity (Wildman–Crippen MR) is 102 cm³/mol. The number of carbonyl (C=O) groups is 2. The second kappa shape index (κ2) is 7.61.